The van der Waals surface area contributed by atoms with Crippen LogP contribution in [0, 0.1) is 0 Å². The number of aliphatic hydroxyl groups is 1. The lowest BCUT2D eigenvalue weighted by atomic mass is 10.1. The predicted molar refractivity (Wildman–Crippen MR) is 74.4 cm³/mol. The fourth-order valence-electron chi connectivity index (χ4n) is 1.78. The molecular formula is C15H16N2O2. The van der Waals surface area contributed by atoms with E-state index in [4.69, 9.17) is 10.8 Å². The van der Waals surface area contributed by atoms with Crippen LogP contribution in [-0.4, -0.2) is 11.0 Å². The number of rotatable bonds is 4. The van der Waals surface area contributed by atoms with Gasteiger partial charge in [-0.25, -0.2) is 0 Å². The maximum absolute atomic E-state index is 12.0. The lowest BCUT2D eigenvalue weighted by Gasteiger charge is -2.13. The van der Waals surface area contributed by atoms with Gasteiger partial charge in [0.05, 0.1) is 6.61 Å². The molecule has 1 amide bonds. The van der Waals surface area contributed by atoms with Crippen LogP contribution in [0.5, 0.6) is 0 Å². The number of carbonyl (C=O) groups is 1. The van der Waals surface area contributed by atoms with Crippen molar-refractivity contribution >= 4 is 11.6 Å². The number of aliphatic hydroxyl groups excluding tert-OH is 1. The van der Waals surface area contributed by atoms with Crippen LogP contribution in [-0.2, 0) is 11.4 Å². The van der Waals surface area contributed by atoms with E-state index in [0.29, 0.717) is 5.69 Å². The van der Waals surface area contributed by atoms with Crippen LogP contribution in [0.2, 0.25) is 0 Å². The second-order valence-corrected chi connectivity index (χ2v) is 4.24. The predicted octanol–water partition coefficient (Wildman–Crippen LogP) is 1.82. The van der Waals surface area contributed by atoms with E-state index >= 15 is 0 Å². The summed E-state index contributed by atoms with van der Waals surface area (Å²) < 4.78 is 0. The second-order valence-electron chi connectivity index (χ2n) is 4.24. The van der Waals surface area contributed by atoms with Gasteiger partial charge in [0.25, 0.3) is 0 Å². The van der Waals surface area contributed by atoms with Crippen LogP contribution in [0.3, 0.4) is 0 Å². The first-order chi connectivity index (χ1) is 9.20. The lowest BCUT2D eigenvalue weighted by Crippen LogP contribution is -2.27. The van der Waals surface area contributed by atoms with Gasteiger partial charge in [0.1, 0.15) is 6.04 Å². The Kier molecular flexibility index (Phi) is 4.28. The maximum Gasteiger partial charge on any atom is 0.245 e. The molecule has 19 heavy (non-hydrogen) atoms. The molecule has 4 heteroatoms. The minimum absolute atomic E-state index is 0.0611. The molecule has 0 aliphatic heterocycles. The van der Waals surface area contributed by atoms with Crippen molar-refractivity contribution in [2.75, 3.05) is 5.32 Å². The standard InChI is InChI=1S/C15H16N2O2/c16-14(12-6-2-1-3-7-12)15(19)17-13-8-4-5-11(9-13)10-18/h1-9,14,18H,10,16H2,(H,17,19)/t14-/m1/s1. The van der Waals surface area contributed by atoms with Crippen molar-refractivity contribution in [3.8, 4) is 0 Å². The van der Waals surface area contributed by atoms with E-state index in [2.05, 4.69) is 5.32 Å². The Balaban J connectivity index is 2.08. The Morgan fingerprint density at radius 3 is 2.58 bits per heavy atom. The number of carbonyl (C=O) groups excluding carboxylic acids is 1. The Bertz CT molecular complexity index is 555. The molecule has 0 radical (unpaired) electrons. The Morgan fingerprint density at radius 2 is 1.89 bits per heavy atom. The Morgan fingerprint density at radius 1 is 1.16 bits per heavy atom. The molecule has 0 fully saturated rings. The minimum atomic E-state index is -0.709. The SMILES string of the molecule is N[C@@H](C(=O)Nc1cccc(CO)c1)c1ccccc1. The maximum atomic E-state index is 12.0. The summed E-state index contributed by atoms with van der Waals surface area (Å²) in [5.74, 6) is -0.277. The number of hydrogen-bond donors (Lipinski definition) is 3. The molecule has 1 atom stereocenters. The van der Waals surface area contributed by atoms with E-state index < -0.39 is 6.04 Å². The number of benzene rings is 2. The summed E-state index contributed by atoms with van der Waals surface area (Å²) in [4.78, 5) is 12.0. The van der Waals surface area contributed by atoms with Gasteiger partial charge in [-0.1, -0.05) is 42.5 Å². The van der Waals surface area contributed by atoms with Crippen molar-refractivity contribution in [1.29, 1.82) is 0 Å². The molecule has 0 aromatic heterocycles. The van der Waals surface area contributed by atoms with Crippen LogP contribution < -0.4 is 11.1 Å². The van der Waals surface area contributed by atoms with Crippen molar-refractivity contribution in [2.45, 2.75) is 12.6 Å². The fraction of sp³-hybridized carbons (Fsp3) is 0.133. The molecule has 0 saturated carbocycles. The Hall–Kier alpha value is -2.17. The van der Waals surface area contributed by atoms with Gasteiger partial charge < -0.3 is 16.2 Å². The molecule has 0 saturated heterocycles. The van der Waals surface area contributed by atoms with Crippen molar-refractivity contribution in [2.24, 2.45) is 5.73 Å². The van der Waals surface area contributed by atoms with Gasteiger partial charge in [-0.3, -0.25) is 4.79 Å². The van der Waals surface area contributed by atoms with Crippen molar-refractivity contribution in [3.05, 3.63) is 65.7 Å². The van der Waals surface area contributed by atoms with E-state index in [9.17, 15) is 4.79 Å². The van der Waals surface area contributed by atoms with Crippen LogP contribution >= 0.6 is 0 Å². The molecule has 0 heterocycles. The number of nitrogens with two attached hydrogens (primary N) is 1. The summed E-state index contributed by atoms with van der Waals surface area (Å²) >= 11 is 0. The van der Waals surface area contributed by atoms with E-state index in [-0.39, 0.29) is 12.5 Å². The van der Waals surface area contributed by atoms with Gasteiger partial charge >= 0.3 is 0 Å². The molecule has 4 nitrogen and oxygen atoms in total. The topological polar surface area (TPSA) is 75.4 Å². The summed E-state index contributed by atoms with van der Waals surface area (Å²) in [7, 11) is 0. The van der Waals surface area contributed by atoms with Gasteiger partial charge in [-0.05, 0) is 23.3 Å². The molecular weight excluding hydrogens is 240 g/mol. The van der Waals surface area contributed by atoms with Gasteiger partial charge in [0.2, 0.25) is 5.91 Å². The average Bonchev–Trinajstić information content (AvgIpc) is 2.47. The Labute approximate surface area is 111 Å². The molecule has 0 bridgehead atoms. The summed E-state index contributed by atoms with van der Waals surface area (Å²) in [6, 6.07) is 15.5. The summed E-state index contributed by atoms with van der Waals surface area (Å²) in [5.41, 5.74) is 8.03. The van der Waals surface area contributed by atoms with Gasteiger partial charge in [-0.2, -0.15) is 0 Å². The van der Waals surface area contributed by atoms with E-state index in [0.717, 1.165) is 11.1 Å². The first kappa shape index (κ1) is 13.3. The van der Waals surface area contributed by atoms with Crippen LogP contribution in [0.25, 0.3) is 0 Å². The monoisotopic (exact) mass is 256 g/mol. The summed E-state index contributed by atoms with van der Waals surface area (Å²) in [5, 5.41) is 11.8. The zero-order valence-electron chi connectivity index (χ0n) is 10.4. The van der Waals surface area contributed by atoms with Crippen LogP contribution in [0.4, 0.5) is 5.69 Å². The molecule has 0 aliphatic carbocycles. The molecule has 0 unspecified atom stereocenters. The normalized spacial score (nSPS) is 11.9. The second kappa shape index (κ2) is 6.13. The van der Waals surface area contributed by atoms with Crippen molar-refractivity contribution in [1.82, 2.24) is 0 Å². The third kappa shape index (κ3) is 3.40. The van der Waals surface area contributed by atoms with E-state index in [1.165, 1.54) is 0 Å². The number of amides is 1. The highest BCUT2D eigenvalue weighted by Crippen LogP contribution is 2.15. The molecule has 0 spiro atoms. The number of anilines is 1. The largest absolute Gasteiger partial charge is 0.392 e. The van der Waals surface area contributed by atoms with Gasteiger partial charge in [0.15, 0.2) is 0 Å². The zero-order chi connectivity index (χ0) is 13.7. The zero-order valence-corrected chi connectivity index (χ0v) is 10.4. The smallest absolute Gasteiger partial charge is 0.245 e. The molecule has 4 N–H and O–H groups in total. The van der Waals surface area contributed by atoms with Crippen molar-refractivity contribution < 1.29 is 9.90 Å². The van der Waals surface area contributed by atoms with Crippen molar-refractivity contribution in [3.63, 3.8) is 0 Å². The average molecular weight is 256 g/mol. The quantitative estimate of drug-likeness (QED) is 0.781. The fourth-order valence-corrected chi connectivity index (χ4v) is 1.78. The van der Waals surface area contributed by atoms with E-state index in [1.807, 2.05) is 30.3 Å². The van der Waals surface area contributed by atoms with Gasteiger partial charge in [-0.15, -0.1) is 0 Å². The third-order valence-corrected chi connectivity index (χ3v) is 2.82. The van der Waals surface area contributed by atoms with E-state index in [1.54, 1.807) is 24.3 Å². The molecule has 0 aliphatic rings. The lowest BCUT2D eigenvalue weighted by molar-refractivity contribution is -0.117. The van der Waals surface area contributed by atoms with Crippen LogP contribution in [0.15, 0.2) is 54.6 Å². The highest BCUT2D eigenvalue weighted by molar-refractivity contribution is 5.95. The highest BCUT2D eigenvalue weighted by atomic mass is 16.3. The number of nitrogens with one attached hydrogen (secondary N) is 1. The first-order valence-corrected chi connectivity index (χ1v) is 6.02. The molecule has 2 aromatic rings. The highest BCUT2D eigenvalue weighted by Gasteiger charge is 2.15. The first-order valence-electron chi connectivity index (χ1n) is 6.02. The third-order valence-electron chi connectivity index (χ3n) is 2.82. The van der Waals surface area contributed by atoms with Crippen LogP contribution in [0.1, 0.15) is 17.2 Å². The molecule has 2 rings (SSSR count). The summed E-state index contributed by atoms with van der Waals surface area (Å²) in [6.07, 6.45) is 0. The molecule has 98 valence electrons. The minimum Gasteiger partial charge on any atom is -0.392 e. The summed E-state index contributed by atoms with van der Waals surface area (Å²) in [6.45, 7) is -0.0611. The molecule has 2 aromatic carbocycles. The van der Waals surface area contributed by atoms with Gasteiger partial charge in [0, 0.05) is 5.69 Å². The number of hydrogen-bond acceptors (Lipinski definition) is 3.